The number of aromatic nitrogens is 2. The summed E-state index contributed by atoms with van der Waals surface area (Å²) in [4.78, 5) is 13.0. The van der Waals surface area contributed by atoms with Crippen molar-refractivity contribution in [1.29, 1.82) is 0 Å². The van der Waals surface area contributed by atoms with Crippen LogP contribution in [0.5, 0.6) is 0 Å². The van der Waals surface area contributed by atoms with Crippen LogP contribution in [0.15, 0.2) is 18.7 Å². The van der Waals surface area contributed by atoms with E-state index >= 15 is 0 Å². The second-order valence-electron chi connectivity index (χ2n) is 5.93. The summed E-state index contributed by atoms with van der Waals surface area (Å²) in [6, 6.07) is 0. The lowest BCUT2D eigenvalue weighted by molar-refractivity contribution is -0.670. The molecule has 0 fully saturated rings. The molecule has 1 N–H and O–H groups in total. The van der Waals surface area contributed by atoms with Crippen molar-refractivity contribution >= 4 is 5.97 Å². The second kappa shape index (κ2) is 16.1. The Kier molecular flexibility index (Phi) is 15.1. The summed E-state index contributed by atoms with van der Waals surface area (Å²) in [5.74, 6) is -0.907. The lowest BCUT2D eigenvalue weighted by atomic mass is 10.1. The van der Waals surface area contributed by atoms with Gasteiger partial charge in [0.25, 0.3) is 0 Å². The third-order valence-electron chi connectivity index (χ3n) is 3.67. The number of carbonyl (C=O) groups is 1. The molecule has 22 heavy (non-hydrogen) atoms. The van der Waals surface area contributed by atoms with E-state index in [0.29, 0.717) is 0 Å². The molecule has 0 saturated carbocycles. The number of aromatic amines is 1. The smallest absolute Gasteiger partial charge is 0.241 e. The molecule has 1 rings (SSSR count). The molecule has 0 unspecified atom stereocenters. The molecule has 0 aliphatic carbocycles. The highest BCUT2D eigenvalue weighted by molar-refractivity contribution is 5.63. The number of unbranched alkanes of at least 4 members (excludes halogenated alkanes) is 10. The maximum absolute atomic E-state index is 10.1. The van der Waals surface area contributed by atoms with Gasteiger partial charge in [0.15, 0.2) is 0 Å². The number of carbonyl (C=O) groups excluding carboxylic acids is 1. The molecule has 1 aromatic rings. The standard InChI is InChI=1S/C14H28O2.C4H6N2/c1-2-3-4-5-6-7-8-9-10-11-12-13-14(15)16;1-6-3-2-5-4-6/h2-13H2,1H3,(H,15,16);2-4H,1H3. The quantitative estimate of drug-likeness (QED) is 0.476. The number of rotatable bonds is 12. The van der Waals surface area contributed by atoms with Crippen molar-refractivity contribution in [3.8, 4) is 0 Å². The maximum Gasteiger partial charge on any atom is 0.241 e. The molecule has 0 bridgehead atoms. The molecular weight excluding hydrogens is 276 g/mol. The van der Waals surface area contributed by atoms with Gasteiger partial charge in [0, 0.05) is 5.97 Å². The van der Waals surface area contributed by atoms with E-state index in [0.717, 1.165) is 12.8 Å². The van der Waals surface area contributed by atoms with Crippen LogP contribution < -0.4 is 9.67 Å². The topological polar surface area (TPSA) is 59.8 Å². The van der Waals surface area contributed by atoms with Crippen molar-refractivity contribution in [2.75, 3.05) is 0 Å². The SMILES string of the molecule is CCCCCCCCCCCCCC(=O)[O-].C[n+]1cc[nH]c1. The first-order valence-electron chi connectivity index (χ1n) is 8.84. The number of hydrogen-bond acceptors (Lipinski definition) is 2. The third kappa shape index (κ3) is 16.7. The first-order chi connectivity index (χ1) is 10.7. The molecule has 128 valence electrons. The van der Waals surface area contributed by atoms with Gasteiger partial charge >= 0.3 is 0 Å². The molecule has 0 atom stereocenters. The van der Waals surface area contributed by atoms with E-state index in [4.69, 9.17) is 0 Å². The Bertz CT molecular complexity index is 337. The van der Waals surface area contributed by atoms with Gasteiger partial charge in [-0.3, -0.25) is 4.98 Å². The fourth-order valence-electron chi connectivity index (χ4n) is 2.30. The molecule has 0 aliphatic rings. The second-order valence-corrected chi connectivity index (χ2v) is 5.93. The molecule has 0 spiro atoms. The van der Waals surface area contributed by atoms with Crippen LogP contribution >= 0.6 is 0 Å². The Morgan fingerprint density at radius 1 is 0.955 bits per heavy atom. The third-order valence-corrected chi connectivity index (χ3v) is 3.67. The number of aryl methyl sites for hydroxylation is 1. The summed E-state index contributed by atoms with van der Waals surface area (Å²) in [5, 5.41) is 10.1. The van der Waals surface area contributed by atoms with E-state index in [2.05, 4.69) is 11.9 Å². The zero-order valence-electron chi connectivity index (χ0n) is 14.5. The first kappa shape index (κ1) is 20.7. The lowest BCUT2D eigenvalue weighted by Crippen LogP contribution is -2.22. The van der Waals surface area contributed by atoms with Crippen LogP contribution in [0.25, 0.3) is 0 Å². The maximum atomic E-state index is 10.1. The normalized spacial score (nSPS) is 10.1. The summed E-state index contributed by atoms with van der Waals surface area (Å²) in [6.07, 6.45) is 19.7. The van der Waals surface area contributed by atoms with Gasteiger partial charge < -0.3 is 9.90 Å². The molecular formula is C18H34N2O2. The van der Waals surface area contributed by atoms with E-state index in [1.807, 2.05) is 30.3 Å². The fraction of sp³-hybridized carbons (Fsp3) is 0.778. The van der Waals surface area contributed by atoms with Gasteiger partial charge in [0.1, 0.15) is 12.4 Å². The number of nitrogens with one attached hydrogen (secondary N) is 1. The molecule has 1 aromatic heterocycles. The zero-order chi connectivity index (χ0) is 16.5. The van der Waals surface area contributed by atoms with Crippen LogP contribution in [0.4, 0.5) is 0 Å². The minimum atomic E-state index is -0.907. The predicted octanol–water partition coefficient (Wildman–Crippen LogP) is 3.28. The van der Waals surface area contributed by atoms with Crippen LogP contribution in [0, 0.1) is 0 Å². The van der Waals surface area contributed by atoms with Gasteiger partial charge in [0.05, 0.1) is 7.05 Å². The highest BCUT2D eigenvalue weighted by Gasteiger charge is 1.93. The number of H-pyrrole nitrogens is 1. The average molecular weight is 310 g/mol. The van der Waals surface area contributed by atoms with E-state index < -0.39 is 5.97 Å². The largest absolute Gasteiger partial charge is 0.550 e. The summed E-state index contributed by atoms with van der Waals surface area (Å²) in [5.41, 5.74) is 0. The highest BCUT2D eigenvalue weighted by atomic mass is 16.4. The summed E-state index contributed by atoms with van der Waals surface area (Å²) < 4.78 is 1.94. The Morgan fingerprint density at radius 3 is 1.77 bits per heavy atom. The number of hydrogen-bond donors (Lipinski definition) is 1. The van der Waals surface area contributed by atoms with Crippen LogP contribution in [-0.4, -0.2) is 11.0 Å². The number of carboxylic acids is 1. The summed E-state index contributed by atoms with van der Waals surface area (Å²) in [7, 11) is 1.97. The molecule has 4 heteroatoms. The minimum Gasteiger partial charge on any atom is -0.550 e. The molecule has 0 radical (unpaired) electrons. The number of imidazole rings is 1. The Hall–Kier alpha value is -1.32. The minimum absolute atomic E-state index is 0.233. The lowest BCUT2D eigenvalue weighted by Gasteiger charge is -2.03. The highest BCUT2D eigenvalue weighted by Crippen LogP contribution is 2.11. The Morgan fingerprint density at radius 2 is 1.45 bits per heavy atom. The van der Waals surface area contributed by atoms with Crippen molar-refractivity contribution in [2.45, 2.75) is 84.0 Å². The van der Waals surface area contributed by atoms with E-state index in [9.17, 15) is 9.90 Å². The molecule has 1 heterocycles. The van der Waals surface area contributed by atoms with Crippen LogP contribution in [-0.2, 0) is 11.8 Å². The van der Waals surface area contributed by atoms with Crippen LogP contribution in [0.1, 0.15) is 84.0 Å². The average Bonchev–Trinajstić information content (AvgIpc) is 2.96. The van der Waals surface area contributed by atoms with Crippen molar-refractivity contribution < 1.29 is 14.5 Å². The first-order valence-corrected chi connectivity index (χ1v) is 8.84. The van der Waals surface area contributed by atoms with Crippen molar-refractivity contribution in [1.82, 2.24) is 4.98 Å². The van der Waals surface area contributed by atoms with Gasteiger partial charge in [-0.2, -0.15) is 0 Å². The number of aliphatic carboxylic acids is 1. The van der Waals surface area contributed by atoms with Gasteiger partial charge in [-0.15, -0.1) is 0 Å². The summed E-state index contributed by atoms with van der Waals surface area (Å²) >= 11 is 0. The molecule has 0 saturated heterocycles. The van der Waals surface area contributed by atoms with Gasteiger partial charge in [-0.25, -0.2) is 4.57 Å². The molecule has 0 amide bonds. The van der Waals surface area contributed by atoms with E-state index in [1.54, 1.807) is 0 Å². The Balaban J connectivity index is 0.000000604. The monoisotopic (exact) mass is 310 g/mol. The van der Waals surface area contributed by atoms with Gasteiger partial charge in [-0.05, 0) is 12.8 Å². The zero-order valence-corrected chi connectivity index (χ0v) is 14.5. The van der Waals surface area contributed by atoms with E-state index in [1.165, 1.54) is 57.8 Å². The number of carboxylic acid groups (broad SMARTS) is 1. The van der Waals surface area contributed by atoms with E-state index in [-0.39, 0.29) is 6.42 Å². The Labute approximate surface area is 136 Å². The fourth-order valence-corrected chi connectivity index (χ4v) is 2.30. The van der Waals surface area contributed by atoms with Gasteiger partial charge in [0.2, 0.25) is 6.33 Å². The molecule has 4 nitrogen and oxygen atoms in total. The van der Waals surface area contributed by atoms with Crippen molar-refractivity contribution in [3.05, 3.63) is 18.7 Å². The number of nitrogens with zero attached hydrogens (tertiary/aromatic N) is 1. The van der Waals surface area contributed by atoms with Crippen LogP contribution in [0.2, 0.25) is 0 Å². The molecule has 0 aliphatic heterocycles. The van der Waals surface area contributed by atoms with Crippen LogP contribution in [0.3, 0.4) is 0 Å². The van der Waals surface area contributed by atoms with Crippen molar-refractivity contribution in [3.63, 3.8) is 0 Å². The summed E-state index contributed by atoms with van der Waals surface area (Å²) in [6.45, 7) is 2.24. The van der Waals surface area contributed by atoms with Gasteiger partial charge in [-0.1, -0.05) is 71.1 Å². The van der Waals surface area contributed by atoms with Crippen molar-refractivity contribution in [2.24, 2.45) is 7.05 Å². The predicted molar refractivity (Wildman–Crippen MR) is 88.1 cm³/mol. The molecule has 0 aromatic carbocycles.